The molecule has 0 saturated carbocycles. The van der Waals surface area contributed by atoms with Crippen molar-refractivity contribution in [1.29, 1.82) is 5.26 Å². The predicted molar refractivity (Wildman–Crippen MR) is 141 cm³/mol. The molecule has 211 valence electrons. The minimum absolute atomic E-state index is 0.0214. The molecule has 4 rings (SSSR count). The molecule has 2 atom stereocenters. The van der Waals surface area contributed by atoms with E-state index in [1.807, 2.05) is 6.07 Å². The lowest BCUT2D eigenvalue weighted by atomic mass is 10.0. The number of hydrogen-bond donors (Lipinski definition) is 3. The summed E-state index contributed by atoms with van der Waals surface area (Å²) in [5, 5.41) is 15.7. The van der Waals surface area contributed by atoms with Gasteiger partial charge in [0.15, 0.2) is 10.7 Å². The zero-order chi connectivity index (χ0) is 29.5. The Labute approximate surface area is 235 Å². The van der Waals surface area contributed by atoms with Crippen LogP contribution in [0.15, 0.2) is 23.3 Å². The van der Waals surface area contributed by atoms with Crippen LogP contribution < -0.4 is 20.7 Å². The number of carbonyl (C=O) groups is 2. The molecule has 2 aliphatic heterocycles. The van der Waals surface area contributed by atoms with Gasteiger partial charge in [-0.25, -0.2) is 10.1 Å². The molecule has 2 aromatic heterocycles. The zero-order valence-electron chi connectivity index (χ0n) is 21.4. The second-order valence-corrected chi connectivity index (χ2v) is 11.4. The van der Waals surface area contributed by atoms with Crippen molar-refractivity contribution in [2.24, 2.45) is 0 Å². The van der Waals surface area contributed by atoms with Crippen molar-refractivity contribution in [2.45, 2.75) is 29.6 Å². The summed E-state index contributed by atoms with van der Waals surface area (Å²) in [5.74, 6) is -0.189. The largest absolute Gasteiger partial charge is 0.423 e. The molecule has 0 spiro atoms. The number of H-pyrrole nitrogens is 1. The maximum Gasteiger partial charge on any atom is 0.423 e. The number of nitriles is 1. The lowest BCUT2D eigenvalue weighted by Gasteiger charge is -2.52. The van der Waals surface area contributed by atoms with Gasteiger partial charge in [-0.2, -0.15) is 23.5 Å². The molecule has 1 fully saturated rings. The molecule has 2 aliphatic rings. The van der Waals surface area contributed by atoms with Crippen LogP contribution in [0, 0.1) is 11.3 Å². The third-order valence-corrected chi connectivity index (χ3v) is 7.29. The molecule has 0 aromatic carbocycles. The van der Waals surface area contributed by atoms with E-state index in [1.165, 1.54) is 22.9 Å². The van der Waals surface area contributed by atoms with E-state index in [0.717, 1.165) is 6.20 Å². The molecule has 2 aromatic rings. The molecule has 2 N–H and O–H groups in total. The van der Waals surface area contributed by atoms with Gasteiger partial charge in [0.05, 0.1) is 59.6 Å². The van der Waals surface area contributed by atoms with E-state index >= 15 is 0 Å². The van der Waals surface area contributed by atoms with Crippen LogP contribution in [-0.2, 0) is 20.5 Å². The van der Waals surface area contributed by atoms with Crippen molar-refractivity contribution in [3.8, 4) is 6.07 Å². The standard InChI is InChI=1S/C23H24F3N8O4SSi/c1-21(40,30-14-10-29-31-19(36)17(14)23(24,25)26)12-38-6-3-16(35)33-4-5-34-18-15(7-13(8-27)9-28-18)32(2)20(37)22(34,39)11-33/h7,9-10,39H,3-6,11-12H2,1-2H3,(H2,30,31,36)/t21-,22-/m0/s1. The van der Waals surface area contributed by atoms with E-state index in [9.17, 15) is 32.8 Å². The topological polar surface area (TPSA) is 148 Å². The summed E-state index contributed by atoms with van der Waals surface area (Å²) >= 11 is 4.67. The lowest BCUT2D eigenvalue weighted by molar-refractivity contribution is -0.138. The van der Waals surface area contributed by atoms with Gasteiger partial charge in [-0.15, -0.1) is 12.6 Å². The molecule has 17 heteroatoms. The number of anilines is 3. The fourth-order valence-corrected chi connectivity index (χ4v) is 5.31. The third-order valence-electron chi connectivity index (χ3n) is 6.45. The summed E-state index contributed by atoms with van der Waals surface area (Å²) in [6.45, 7) is 1.81. The smallest absolute Gasteiger partial charge is 0.379 e. The van der Waals surface area contributed by atoms with E-state index in [2.05, 4.69) is 38.3 Å². The first-order valence-corrected chi connectivity index (χ1v) is 12.8. The van der Waals surface area contributed by atoms with Gasteiger partial charge >= 0.3 is 6.18 Å². The second kappa shape index (κ2) is 10.7. The number of pyridine rings is 1. The van der Waals surface area contributed by atoms with Crippen molar-refractivity contribution < 1.29 is 27.5 Å². The molecule has 2 amide bonds. The number of alkyl halides is 3. The van der Waals surface area contributed by atoms with Crippen LogP contribution >= 0.6 is 12.6 Å². The number of nitrogens with one attached hydrogen (secondary N) is 2. The summed E-state index contributed by atoms with van der Waals surface area (Å²) in [7, 11) is 4.86. The summed E-state index contributed by atoms with van der Waals surface area (Å²) in [4.78, 5) is 45.5. The van der Waals surface area contributed by atoms with E-state index < -0.39 is 33.0 Å². The number of amides is 2. The Morgan fingerprint density at radius 1 is 1.35 bits per heavy atom. The minimum atomic E-state index is -4.91. The first-order chi connectivity index (χ1) is 18.7. The van der Waals surface area contributed by atoms with Crippen molar-refractivity contribution in [1.82, 2.24) is 20.1 Å². The number of carbonyl (C=O) groups excluding carboxylic acids is 2. The number of rotatable bonds is 7. The first-order valence-electron chi connectivity index (χ1n) is 11.9. The van der Waals surface area contributed by atoms with Crippen LogP contribution in [0.2, 0.25) is 0 Å². The monoisotopic (exact) mass is 593 g/mol. The maximum atomic E-state index is 13.3. The van der Waals surface area contributed by atoms with Gasteiger partial charge in [0.2, 0.25) is 5.91 Å². The Balaban J connectivity index is 1.35. The maximum absolute atomic E-state index is 13.3. The Kier molecular flexibility index (Phi) is 7.89. The highest BCUT2D eigenvalue weighted by molar-refractivity contribution is 7.83. The molecule has 1 saturated heterocycles. The van der Waals surface area contributed by atoms with E-state index in [-0.39, 0.29) is 51.1 Å². The minimum Gasteiger partial charge on any atom is -0.379 e. The first kappa shape index (κ1) is 29.4. The summed E-state index contributed by atoms with van der Waals surface area (Å²) in [5.41, 5.74) is -2.56. The quantitative estimate of drug-likeness (QED) is 0.240. The van der Waals surface area contributed by atoms with Crippen molar-refractivity contribution in [3.05, 3.63) is 39.9 Å². The van der Waals surface area contributed by atoms with Gasteiger partial charge in [0, 0.05) is 31.5 Å². The number of fused-ring (bicyclic) bond motifs is 3. The van der Waals surface area contributed by atoms with E-state index in [0.29, 0.717) is 17.1 Å². The second-order valence-electron chi connectivity index (χ2n) is 9.57. The number of nitrogens with zero attached hydrogens (tertiary/aromatic N) is 6. The molecule has 0 unspecified atom stereocenters. The van der Waals surface area contributed by atoms with Crippen LogP contribution in [0.5, 0.6) is 0 Å². The predicted octanol–water partition coefficient (Wildman–Crippen LogP) is 0.710. The number of halogens is 3. The van der Waals surface area contributed by atoms with Crippen LogP contribution in [0.3, 0.4) is 0 Å². The number of hydrogen-bond acceptors (Lipinski definition) is 10. The SMILES string of the molecule is CN1C(=O)[C@@]2(S)CN(C(=O)CCOC[C@](C)([Si])Nc3cn[nH]c(=O)c3C(F)(F)F)CCN2c2ncc(C#N)cc21. The van der Waals surface area contributed by atoms with Crippen LogP contribution in [0.25, 0.3) is 0 Å². The number of piperazine rings is 1. The van der Waals surface area contributed by atoms with Gasteiger partial charge in [0.1, 0.15) is 11.6 Å². The summed E-state index contributed by atoms with van der Waals surface area (Å²) in [6.07, 6.45) is -2.71. The molecule has 12 nitrogen and oxygen atoms in total. The lowest BCUT2D eigenvalue weighted by Crippen LogP contribution is -2.69. The third kappa shape index (κ3) is 5.64. The number of thiol groups is 1. The molecule has 4 heterocycles. The van der Waals surface area contributed by atoms with Crippen LogP contribution in [0.4, 0.5) is 30.4 Å². The summed E-state index contributed by atoms with van der Waals surface area (Å²) in [6, 6.07) is 3.58. The van der Waals surface area contributed by atoms with Crippen LogP contribution in [-0.4, -0.2) is 92.1 Å². The number of aromatic nitrogens is 3. The van der Waals surface area contributed by atoms with E-state index in [1.54, 1.807) is 23.1 Å². The van der Waals surface area contributed by atoms with Gasteiger partial charge in [-0.3, -0.25) is 14.4 Å². The molecule has 0 aliphatic carbocycles. The number of ether oxygens (including phenoxy) is 1. The highest BCUT2D eigenvalue weighted by atomic mass is 32.1. The van der Waals surface area contributed by atoms with Crippen LogP contribution in [0.1, 0.15) is 24.5 Å². The summed E-state index contributed by atoms with van der Waals surface area (Å²) < 4.78 is 45.5. The Morgan fingerprint density at radius 2 is 2.08 bits per heavy atom. The molecule has 0 bridgehead atoms. The van der Waals surface area contributed by atoms with Crippen molar-refractivity contribution >= 4 is 51.9 Å². The van der Waals surface area contributed by atoms with Gasteiger partial charge in [-0.05, 0) is 13.0 Å². The highest BCUT2D eigenvalue weighted by Gasteiger charge is 2.52. The molecule has 3 radical (unpaired) electrons. The van der Waals surface area contributed by atoms with Gasteiger partial charge in [-0.1, -0.05) is 0 Å². The number of likely N-dealkylation sites (N-methyl/N-ethyl adjacent to an activating group) is 1. The molecular formula is C23H24F3N8O4SSi. The fraction of sp³-hybridized carbons (Fsp3) is 0.478. The van der Waals surface area contributed by atoms with Crippen molar-refractivity contribution in [2.75, 3.05) is 55.0 Å². The average molecular weight is 594 g/mol. The van der Waals surface area contributed by atoms with Gasteiger partial charge in [0.25, 0.3) is 11.5 Å². The van der Waals surface area contributed by atoms with Crippen molar-refractivity contribution in [3.63, 3.8) is 0 Å². The Morgan fingerprint density at radius 3 is 2.75 bits per heavy atom. The average Bonchev–Trinajstić information content (AvgIpc) is 2.88. The van der Waals surface area contributed by atoms with E-state index in [4.69, 9.17) is 4.74 Å². The highest BCUT2D eigenvalue weighted by Crippen LogP contribution is 2.42. The normalized spacial score (nSPS) is 20.4. The Hall–Kier alpha value is -3.62. The van der Waals surface area contributed by atoms with Gasteiger partial charge < -0.3 is 24.8 Å². The molecular weight excluding hydrogens is 569 g/mol. The number of aromatic amines is 1. The fourth-order valence-electron chi connectivity index (χ4n) is 4.55. The Bertz CT molecular complexity index is 1430. The molecule has 40 heavy (non-hydrogen) atoms. The zero-order valence-corrected chi connectivity index (χ0v) is 23.3.